The Morgan fingerprint density at radius 2 is 1.97 bits per heavy atom. The number of halogens is 1. The maximum absolute atomic E-state index is 14.4. The summed E-state index contributed by atoms with van der Waals surface area (Å²) < 4.78 is 19.8. The molecule has 2 fully saturated rings. The number of aromatic amines is 1. The number of carbonyl (C=O) groups is 1. The van der Waals surface area contributed by atoms with E-state index in [1.807, 2.05) is 32.0 Å². The molecule has 4 heterocycles. The lowest BCUT2D eigenvalue weighted by molar-refractivity contribution is -0.118. The highest BCUT2D eigenvalue weighted by Gasteiger charge is 2.34. The molecule has 2 saturated heterocycles. The number of pyridine rings is 1. The summed E-state index contributed by atoms with van der Waals surface area (Å²) in [6.07, 6.45) is 1.63. The summed E-state index contributed by atoms with van der Waals surface area (Å²) in [5.41, 5.74) is 9.80. The molecular formula is C23H27FN6O2. The van der Waals surface area contributed by atoms with Crippen LogP contribution in [-0.2, 0) is 9.53 Å². The van der Waals surface area contributed by atoms with Crippen molar-refractivity contribution in [2.75, 3.05) is 36.5 Å². The molecule has 3 atom stereocenters. The highest BCUT2D eigenvalue weighted by molar-refractivity contribution is 5.97. The van der Waals surface area contributed by atoms with E-state index >= 15 is 0 Å². The Bertz CT molecular complexity index is 1140. The molecule has 32 heavy (non-hydrogen) atoms. The van der Waals surface area contributed by atoms with Crippen LogP contribution < -0.4 is 21.1 Å². The molecule has 1 amide bonds. The van der Waals surface area contributed by atoms with Gasteiger partial charge in [-0.05, 0) is 43.2 Å². The van der Waals surface area contributed by atoms with Gasteiger partial charge in [-0.3, -0.25) is 10.2 Å². The van der Waals surface area contributed by atoms with Crippen molar-refractivity contribution in [1.29, 1.82) is 0 Å². The maximum Gasteiger partial charge on any atom is 0.243 e. The van der Waals surface area contributed by atoms with Gasteiger partial charge in [-0.25, -0.2) is 14.8 Å². The van der Waals surface area contributed by atoms with Crippen LogP contribution in [-0.4, -0.2) is 54.3 Å². The van der Waals surface area contributed by atoms with Gasteiger partial charge in [0, 0.05) is 41.5 Å². The van der Waals surface area contributed by atoms with Gasteiger partial charge in [-0.1, -0.05) is 6.92 Å². The van der Waals surface area contributed by atoms with Crippen LogP contribution >= 0.6 is 0 Å². The minimum atomic E-state index is -0.312. The largest absolute Gasteiger partial charge is 0.378 e. The monoisotopic (exact) mass is 438 g/mol. The zero-order chi connectivity index (χ0) is 22.2. The topological polar surface area (TPSA) is 94.3 Å². The fraction of sp³-hybridized carbons (Fsp3) is 0.391. The summed E-state index contributed by atoms with van der Waals surface area (Å²) in [6, 6.07) is 8.74. The Kier molecular flexibility index (Phi) is 5.54. The number of nitrogens with zero attached hydrogens (tertiary/aromatic N) is 2. The fourth-order valence-corrected chi connectivity index (χ4v) is 4.27. The van der Waals surface area contributed by atoms with Crippen LogP contribution in [0.2, 0.25) is 0 Å². The fourth-order valence-electron chi connectivity index (χ4n) is 4.27. The number of ether oxygens (including phenoxy) is 1. The average Bonchev–Trinajstić information content (AvgIpc) is 3.37. The van der Waals surface area contributed by atoms with Crippen LogP contribution in [0.25, 0.3) is 22.3 Å². The van der Waals surface area contributed by atoms with Gasteiger partial charge in [0.05, 0.1) is 25.1 Å². The highest BCUT2D eigenvalue weighted by Crippen LogP contribution is 2.29. The van der Waals surface area contributed by atoms with E-state index in [0.717, 1.165) is 35.4 Å². The van der Waals surface area contributed by atoms with E-state index in [0.29, 0.717) is 24.5 Å². The van der Waals surface area contributed by atoms with Crippen molar-refractivity contribution in [2.45, 2.75) is 25.9 Å². The van der Waals surface area contributed by atoms with Crippen molar-refractivity contribution in [3.8, 4) is 11.3 Å². The van der Waals surface area contributed by atoms with Crippen molar-refractivity contribution in [2.24, 2.45) is 5.92 Å². The predicted molar refractivity (Wildman–Crippen MR) is 122 cm³/mol. The summed E-state index contributed by atoms with van der Waals surface area (Å²) >= 11 is 0. The minimum absolute atomic E-state index is 0.105. The Morgan fingerprint density at radius 1 is 1.16 bits per heavy atom. The highest BCUT2D eigenvalue weighted by atomic mass is 19.1. The number of hydrogen-bond donors (Lipinski definition) is 4. The van der Waals surface area contributed by atoms with Crippen molar-refractivity contribution >= 4 is 28.3 Å². The smallest absolute Gasteiger partial charge is 0.243 e. The first-order valence-electron chi connectivity index (χ1n) is 10.9. The number of hydrazine groups is 1. The Hall–Kier alpha value is -3.01. The standard InChI is InChI=1S/C23H27FN6O2/c1-13-14(2)28-29-21(13)23(31)26-18-8-16-10-20(27-22(16)25-12-18)15-7-17(24)11-19(9-15)30-3-5-32-6-4-30/h7-14,21,28-29H,3-6H2,1-2H3,(H,25,27)(H,26,31). The predicted octanol–water partition coefficient (Wildman–Crippen LogP) is 2.65. The molecule has 0 saturated carbocycles. The van der Waals surface area contributed by atoms with Crippen LogP contribution in [0, 0.1) is 11.7 Å². The normalized spacial score (nSPS) is 23.6. The van der Waals surface area contributed by atoms with Gasteiger partial charge in [0.1, 0.15) is 17.5 Å². The van der Waals surface area contributed by atoms with E-state index in [-0.39, 0.29) is 29.7 Å². The number of nitrogens with one attached hydrogen (secondary N) is 4. The number of aromatic nitrogens is 2. The summed E-state index contributed by atoms with van der Waals surface area (Å²) in [5.74, 6) is -0.227. The number of benzene rings is 1. The second-order valence-electron chi connectivity index (χ2n) is 8.55. The van der Waals surface area contributed by atoms with Gasteiger partial charge in [0.25, 0.3) is 0 Å². The third kappa shape index (κ3) is 4.06. The molecule has 3 unspecified atom stereocenters. The van der Waals surface area contributed by atoms with Crippen molar-refractivity contribution in [3.63, 3.8) is 0 Å². The first-order valence-corrected chi connectivity index (χ1v) is 10.9. The first kappa shape index (κ1) is 20.9. The van der Waals surface area contributed by atoms with Crippen molar-refractivity contribution in [3.05, 3.63) is 42.3 Å². The summed E-state index contributed by atoms with van der Waals surface area (Å²) in [7, 11) is 0. The molecule has 5 rings (SSSR count). The maximum atomic E-state index is 14.4. The third-order valence-corrected chi connectivity index (χ3v) is 6.37. The number of morpholine rings is 1. The van der Waals surface area contributed by atoms with Gasteiger partial charge in [0.2, 0.25) is 5.91 Å². The van der Waals surface area contributed by atoms with Crippen LogP contribution in [0.15, 0.2) is 36.5 Å². The van der Waals surface area contributed by atoms with Gasteiger partial charge >= 0.3 is 0 Å². The van der Waals surface area contributed by atoms with E-state index in [1.54, 1.807) is 12.3 Å². The zero-order valence-electron chi connectivity index (χ0n) is 18.1. The van der Waals surface area contributed by atoms with Gasteiger partial charge < -0.3 is 19.9 Å². The SMILES string of the molecule is CC1NNC(C(=O)Nc2cnc3[nH]c(-c4cc(F)cc(N5CCOCC5)c4)cc3c2)C1C. The second-order valence-corrected chi connectivity index (χ2v) is 8.55. The van der Waals surface area contributed by atoms with Gasteiger partial charge in [-0.2, -0.15) is 0 Å². The summed E-state index contributed by atoms with van der Waals surface area (Å²) in [6.45, 7) is 6.83. The molecule has 4 N–H and O–H groups in total. The molecule has 0 spiro atoms. The van der Waals surface area contributed by atoms with Crippen LogP contribution in [0.1, 0.15) is 13.8 Å². The zero-order valence-corrected chi connectivity index (χ0v) is 18.1. The molecule has 2 aromatic heterocycles. The molecule has 1 aromatic carbocycles. The number of rotatable bonds is 4. The second kappa shape index (κ2) is 8.50. The molecule has 0 bridgehead atoms. The molecule has 0 aliphatic carbocycles. The lowest BCUT2D eigenvalue weighted by atomic mass is 9.97. The molecule has 8 nitrogen and oxygen atoms in total. The number of H-pyrrole nitrogens is 1. The minimum Gasteiger partial charge on any atom is -0.378 e. The van der Waals surface area contributed by atoms with Gasteiger partial charge in [-0.15, -0.1) is 0 Å². The Labute approximate surface area is 185 Å². The lowest BCUT2D eigenvalue weighted by Gasteiger charge is -2.29. The van der Waals surface area contributed by atoms with E-state index in [4.69, 9.17) is 4.74 Å². The molecule has 9 heteroatoms. The number of fused-ring (bicyclic) bond motifs is 1. The van der Waals surface area contributed by atoms with E-state index in [1.165, 1.54) is 6.07 Å². The van der Waals surface area contributed by atoms with E-state index < -0.39 is 0 Å². The number of amides is 1. The van der Waals surface area contributed by atoms with E-state index in [2.05, 4.69) is 31.0 Å². The third-order valence-electron chi connectivity index (χ3n) is 6.37. The molecule has 0 radical (unpaired) electrons. The molecule has 2 aliphatic heterocycles. The number of carbonyl (C=O) groups excluding carboxylic acids is 1. The molecular weight excluding hydrogens is 411 g/mol. The first-order chi connectivity index (χ1) is 15.5. The quantitative estimate of drug-likeness (QED) is 0.500. The summed E-state index contributed by atoms with van der Waals surface area (Å²) in [4.78, 5) is 22.5. The lowest BCUT2D eigenvalue weighted by Crippen LogP contribution is -2.41. The van der Waals surface area contributed by atoms with E-state index in [9.17, 15) is 9.18 Å². The number of anilines is 2. The average molecular weight is 439 g/mol. The van der Waals surface area contributed by atoms with Crippen LogP contribution in [0.3, 0.4) is 0 Å². The van der Waals surface area contributed by atoms with Crippen molar-refractivity contribution in [1.82, 2.24) is 20.8 Å². The molecule has 3 aromatic rings. The summed E-state index contributed by atoms with van der Waals surface area (Å²) in [5, 5.41) is 3.78. The van der Waals surface area contributed by atoms with Gasteiger partial charge in [0.15, 0.2) is 0 Å². The van der Waals surface area contributed by atoms with Crippen LogP contribution in [0.5, 0.6) is 0 Å². The van der Waals surface area contributed by atoms with Crippen LogP contribution in [0.4, 0.5) is 15.8 Å². The Morgan fingerprint density at radius 3 is 2.72 bits per heavy atom. The number of hydrogen-bond acceptors (Lipinski definition) is 6. The van der Waals surface area contributed by atoms with Crippen molar-refractivity contribution < 1.29 is 13.9 Å². The molecule has 2 aliphatic rings. The molecule has 168 valence electrons. The Balaban J connectivity index is 1.38.